The van der Waals surface area contributed by atoms with Gasteiger partial charge < -0.3 is 15.3 Å². The molecule has 27 heavy (non-hydrogen) atoms. The Morgan fingerprint density at radius 3 is 2.67 bits per heavy atom. The first-order chi connectivity index (χ1) is 13.2. The van der Waals surface area contributed by atoms with Gasteiger partial charge in [0, 0.05) is 17.3 Å². The molecule has 2 aromatic rings. The van der Waals surface area contributed by atoms with E-state index in [1.54, 1.807) is 41.3 Å². The normalized spacial score (nSPS) is 12.9. The second-order valence-corrected chi connectivity index (χ2v) is 6.31. The third kappa shape index (κ3) is 4.84. The number of aliphatic hydroxyl groups excluding tert-OH is 1. The number of nitriles is 1. The Morgan fingerprint density at radius 2 is 2.04 bits per heavy atom. The number of carbonyl (C=O) groups is 1. The molecule has 0 unspecified atom stereocenters. The lowest BCUT2D eigenvalue weighted by atomic mass is 9.91. The Hall–Kier alpha value is -3.35. The monoisotopic (exact) mass is 360 g/mol. The van der Waals surface area contributed by atoms with Gasteiger partial charge in [-0.3, -0.25) is 0 Å². The minimum absolute atomic E-state index is 0.182. The van der Waals surface area contributed by atoms with Crippen molar-refractivity contribution in [3.8, 4) is 17.9 Å². The van der Waals surface area contributed by atoms with Crippen LogP contribution < -0.4 is 5.32 Å². The van der Waals surface area contributed by atoms with E-state index in [0.717, 1.165) is 24.8 Å². The topological polar surface area (TPSA) is 89.2 Å². The van der Waals surface area contributed by atoms with Crippen LogP contribution in [-0.2, 0) is 6.54 Å². The summed E-state index contributed by atoms with van der Waals surface area (Å²) in [6.07, 6.45) is 3.06. The largest absolute Gasteiger partial charge is 0.384 e. The molecule has 1 aliphatic carbocycles. The van der Waals surface area contributed by atoms with Crippen molar-refractivity contribution >= 4 is 11.7 Å². The molecule has 0 saturated heterocycles. The van der Waals surface area contributed by atoms with Crippen molar-refractivity contribution in [2.24, 2.45) is 0 Å². The zero-order chi connectivity index (χ0) is 19.1. The van der Waals surface area contributed by atoms with Crippen LogP contribution in [0.25, 0.3) is 0 Å². The Kier molecular flexibility index (Phi) is 6.04. The van der Waals surface area contributed by atoms with E-state index in [1.165, 1.54) is 0 Å². The summed E-state index contributed by atoms with van der Waals surface area (Å²) < 4.78 is 0. The van der Waals surface area contributed by atoms with Gasteiger partial charge in [-0.1, -0.05) is 17.9 Å². The highest BCUT2D eigenvalue weighted by atomic mass is 16.2. The van der Waals surface area contributed by atoms with Crippen LogP contribution in [0.2, 0.25) is 0 Å². The first kappa shape index (κ1) is 18.4. The van der Waals surface area contributed by atoms with Gasteiger partial charge in [-0.25, -0.2) is 9.78 Å². The number of pyridine rings is 1. The quantitative estimate of drug-likeness (QED) is 0.821. The number of amides is 2. The highest BCUT2D eigenvalue weighted by Gasteiger charge is 2.29. The van der Waals surface area contributed by atoms with Crippen molar-refractivity contribution in [3.05, 3.63) is 59.4 Å². The van der Waals surface area contributed by atoms with Crippen molar-refractivity contribution in [2.45, 2.75) is 31.8 Å². The molecule has 6 heteroatoms. The molecular formula is C21H20N4O2. The number of hydrogen-bond donors (Lipinski definition) is 2. The van der Waals surface area contributed by atoms with Crippen molar-refractivity contribution in [1.82, 2.24) is 9.88 Å². The molecule has 1 aromatic carbocycles. The first-order valence-corrected chi connectivity index (χ1v) is 8.83. The fraction of sp³-hybridized carbons (Fsp3) is 0.286. The number of anilines is 1. The summed E-state index contributed by atoms with van der Waals surface area (Å²) in [7, 11) is 0. The molecule has 6 nitrogen and oxygen atoms in total. The number of aliphatic hydroxyl groups is 1. The molecule has 3 rings (SSSR count). The Labute approximate surface area is 158 Å². The maximum absolute atomic E-state index is 12.8. The lowest BCUT2D eigenvalue weighted by Gasteiger charge is -2.37. The number of nitrogens with one attached hydrogen (secondary N) is 1. The summed E-state index contributed by atoms with van der Waals surface area (Å²) in [5, 5.41) is 20.7. The lowest BCUT2D eigenvalue weighted by Crippen LogP contribution is -2.45. The van der Waals surface area contributed by atoms with E-state index in [1.807, 2.05) is 12.1 Å². The molecule has 0 atom stereocenters. The number of nitrogens with zero attached hydrogens (tertiary/aromatic N) is 3. The average molecular weight is 360 g/mol. The van der Waals surface area contributed by atoms with Crippen LogP contribution in [0.15, 0.2) is 42.5 Å². The smallest absolute Gasteiger partial charge is 0.322 e. The van der Waals surface area contributed by atoms with E-state index in [0.29, 0.717) is 23.6 Å². The van der Waals surface area contributed by atoms with Crippen LogP contribution in [0.1, 0.15) is 36.2 Å². The van der Waals surface area contributed by atoms with Crippen molar-refractivity contribution in [1.29, 1.82) is 5.26 Å². The molecule has 1 fully saturated rings. The van der Waals surface area contributed by atoms with Crippen molar-refractivity contribution in [2.75, 3.05) is 11.9 Å². The molecular weight excluding hydrogens is 340 g/mol. The molecule has 0 bridgehead atoms. The van der Waals surface area contributed by atoms with Gasteiger partial charge in [-0.2, -0.15) is 5.26 Å². The third-order valence-corrected chi connectivity index (χ3v) is 4.48. The fourth-order valence-electron chi connectivity index (χ4n) is 2.84. The Balaban J connectivity index is 1.71. The summed E-state index contributed by atoms with van der Waals surface area (Å²) in [6.45, 7) is 0.182. The van der Waals surface area contributed by atoms with Gasteiger partial charge in [0.15, 0.2) is 0 Å². The van der Waals surface area contributed by atoms with Crippen LogP contribution in [-0.4, -0.2) is 33.7 Å². The van der Waals surface area contributed by atoms with Gasteiger partial charge in [0.05, 0.1) is 12.2 Å². The fourth-order valence-corrected chi connectivity index (χ4v) is 2.84. The molecule has 0 radical (unpaired) electrons. The van der Waals surface area contributed by atoms with E-state index in [9.17, 15) is 4.79 Å². The van der Waals surface area contributed by atoms with Gasteiger partial charge in [0.1, 0.15) is 18.4 Å². The molecule has 1 aromatic heterocycles. The van der Waals surface area contributed by atoms with Crippen LogP contribution in [0.3, 0.4) is 0 Å². The van der Waals surface area contributed by atoms with Crippen molar-refractivity contribution in [3.63, 3.8) is 0 Å². The summed E-state index contributed by atoms with van der Waals surface area (Å²) in [5.41, 5.74) is 2.50. The van der Waals surface area contributed by atoms with Gasteiger partial charge >= 0.3 is 6.03 Å². The Bertz CT molecular complexity index is 902. The van der Waals surface area contributed by atoms with Gasteiger partial charge in [0.25, 0.3) is 0 Å². The summed E-state index contributed by atoms with van der Waals surface area (Å²) in [4.78, 5) is 18.9. The molecule has 1 heterocycles. The minimum Gasteiger partial charge on any atom is -0.384 e. The summed E-state index contributed by atoms with van der Waals surface area (Å²) >= 11 is 0. The van der Waals surface area contributed by atoms with Crippen LogP contribution >= 0.6 is 0 Å². The number of urea groups is 1. The van der Waals surface area contributed by atoms with E-state index < -0.39 is 0 Å². The van der Waals surface area contributed by atoms with E-state index in [2.05, 4.69) is 22.1 Å². The molecule has 1 saturated carbocycles. The molecule has 0 aliphatic heterocycles. The maximum Gasteiger partial charge on any atom is 0.322 e. The van der Waals surface area contributed by atoms with E-state index in [-0.39, 0.29) is 18.7 Å². The molecule has 1 aliphatic rings. The van der Waals surface area contributed by atoms with E-state index >= 15 is 0 Å². The van der Waals surface area contributed by atoms with Gasteiger partial charge in [-0.15, -0.1) is 0 Å². The molecule has 2 N–H and O–H groups in total. The predicted molar refractivity (Wildman–Crippen MR) is 102 cm³/mol. The highest BCUT2D eigenvalue weighted by Crippen LogP contribution is 2.27. The standard InChI is InChI=1S/C21H20N4O2/c22-14-18-5-1-6-19(23-18)15-25(20-7-2-8-20)21(27)24-17-11-9-16(10-12-17)4-3-13-26/h1,5-6,9-12,20,26H,2,7-8,13,15H2,(H,24,27). The second kappa shape index (κ2) is 8.84. The average Bonchev–Trinajstić information content (AvgIpc) is 2.65. The number of aromatic nitrogens is 1. The van der Waals surface area contributed by atoms with Gasteiger partial charge in [-0.05, 0) is 55.7 Å². The summed E-state index contributed by atoms with van der Waals surface area (Å²) in [6, 6.07) is 14.5. The zero-order valence-corrected chi connectivity index (χ0v) is 14.9. The van der Waals surface area contributed by atoms with Crippen LogP contribution in [0, 0.1) is 23.2 Å². The number of carbonyl (C=O) groups excluding carboxylic acids is 1. The van der Waals surface area contributed by atoms with Crippen molar-refractivity contribution < 1.29 is 9.90 Å². The number of benzene rings is 1. The Morgan fingerprint density at radius 1 is 1.26 bits per heavy atom. The third-order valence-electron chi connectivity index (χ3n) is 4.48. The van der Waals surface area contributed by atoms with Gasteiger partial charge in [0.2, 0.25) is 0 Å². The molecule has 0 spiro atoms. The first-order valence-electron chi connectivity index (χ1n) is 8.83. The second-order valence-electron chi connectivity index (χ2n) is 6.31. The zero-order valence-electron chi connectivity index (χ0n) is 14.9. The maximum atomic E-state index is 12.8. The van der Waals surface area contributed by atoms with Crippen LogP contribution in [0.4, 0.5) is 10.5 Å². The molecule has 136 valence electrons. The SMILES string of the molecule is N#Cc1cccc(CN(C(=O)Nc2ccc(C#CCO)cc2)C2CCC2)n1. The number of rotatable bonds is 4. The highest BCUT2D eigenvalue weighted by molar-refractivity contribution is 5.89. The number of hydrogen-bond acceptors (Lipinski definition) is 4. The van der Waals surface area contributed by atoms with Crippen LogP contribution in [0.5, 0.6) is 0 Å². The molecule has 2 amide bonds. The lowest BCUT2D eigenvalue weighted by molar-refractivity contribution is 0.142. The predicted octanol–water partition coefficient (Wildman–Crippen LogP) is 2.88. The minimum atomic E-state index is -0.185. The summed E-state index contributed by atoms with van der Waals surface area (Å²) in [5.74, 6) is 5.41. The van der Waals surface area contributed by atoms with E-state index in [4.69, 9.17) is 10.4 Å².